The van der Waals surface area contributed by atoms with Crippen molar-refractivity contribution in [2.75, 3.05) is 18.0 Å². The van der Waals surface area contributed by atoms with Gasteiger partial charge in [0.2, 0.25) is 0 Å². The van der Waals surface area contributed by atoms with Crippen LogP contribution in [0.1, 0.15) is 41.4 Å². The third kappa shape index (κ3) is 3.32. The van der Waals surface area contributed by atoms with E-state index in [0.29, 0.717) is 24.2 Å². The van der Waals surface area contributed by atoms with Gasteiger partial charge in [-0.3, -0.25) is 4.79 Å². The molecule has 1 fully saturated rings. The zero-order valence-electron chi connectivity index (χ0n) is 13.9. The molecule has 3 rings (SSSR count). The molecule has 0 N–H and O–H groups in total. The number of benzene rings is 2. The molecule has 4 heteroatoms. The SMILES string of the molecule is CC(=O)c1ccc(C#N)c(N2CC(C)OC(c3ccccc3)C2)c1. The Kier molecular flexibility index (Phi) is 4.64. The summed E-state index contributed by atoms with van der Waals surface area (Å²) in [6.45, 7) is 4.92. The largest absolute Gasteiger partial charge is 0.367 e. The molecular weight excluding hydrogens is 300 g/mol. The van der Waals surface area contributed by atoms with Gasteiger partial charge in [-0.1, -0.05) is 30.3 Å². The van der Waals surface area contributed by atoms with Gasteiger partial charge in [-0.25, -0.2) is 0 Å². The summed E-state index contributed by atoms with van der Waals surface area (Å²) in [7, 11) is 0. The molecule has 4 nitrogen and oxygen atoms in total. The Bertz CT molecular complexity index is 780. The fourth-order valence-electron chi connectivity index (χ4n) is 3.11. The van der Waals surface area contributed by atoms with Gasteiger partial charge in [0, 0.05) is 18.7 Å². The number of hydrogen-bond acceptors (Lipinski definition) is 4. The van der Waals surface area contributed by atoms with Crippen molar-refractivity contribution < 1.29 is 9.53 Å². The van der Waals surface area contributed by atoms with Crippen molar-refractivity contribution in [3.05, 3.63) is 65.2 Å². The van der Waals surface area contributed by atoms with E-state index in [1.54, 1.807) is 19.1 Å². The summed E-state index contributed by atoms with van der Waals surface area (Å²) in [5, 5.41) is 9.43. The first-order valence-electron chi connectivity index (χ1n) is 8.09. The first kappa shape index (κ1) is 16.2. The highest BCUT2D eigenvalue weighted by Crippen LogP contribution is 2.31. The van der Waals surface area contributed by atoms with Gasteiger partial charge in [0.05, 0.1) is 17.4 Å². The van der Waals surface area contributed by atoms with Crippen LogP contribution in [0.3, 0.4) is 0 Å². The van der Waals surface area contributed by atoms with Crippen molar-refractivity contribution in [3.8, 4) is 6.07 Å². The highest BCUT2D eigenvalue weighted by Gasteiger charge is 2.28. The number of morpholine rings is 1. The van der Waals surface area contributed by atoms with Crippen LogP contribution in [0, 0.1) is 11.3 Å². The highest BCUT2D eigenvalue weighted by atomic mass is 16.5. The fourth-order valence-corrected chi connectivity index (χ4v) is 3.11. The second kappa shape index (κ2) is 6.86. The third-order valence-corrected chi connectivity index (χ3v) is 4.30. The molecule has 0 saturated carbocycles. The molecule has 2 atom stereocenters. The Morgan fingerprint density at radius 2 is 1.96 bits per heavy atom. The number of nitrogens with zero attached hydrogens (tertiary/aromatic N) is 2. The van der Waals surface area contributed by atoms with Crippen LogP contribution in [0.2, 0.25) is 0 Å². The molecule has 0 aromatic heterocycles. The maximum Gasteiger partial charge on any atom is 0.159 e. The van der Waals surface area contributed by atoms with Crippen LogP contribution in [0.15, 0.2) is 48.5 Å². The lowest BCUT2D eigenvalue weighted by Crippen LogP contribution is -2.43. The number of Topliss-reactive ketones (excluding diaryl/α,β-unsaturated/α-hetero) is 1. The van der Waals surface area contributed by atoms with Gasteiger partial charge in [0.15, 0.2) is 5.78 Å². The fraction of sp³-hybridized carbons (Fsp3) is 0.300. The predicted molar refractivity (Wildman–Crippen MR) is 93.1 cm³/mol. The topological polar surface area (TPSA) is 53.3 Å². The zero-order valence-corrected chi connectivity index (χ0v) is 13.9. The molecule has 2 unspecified atom stereocenters. The lowest BCUT2D eigenvalue weighted by Gasteiger charge is -2.39. The monoisotopic (exact) mass is 320 g/mol. The molecule has 0 radical (unpaired) electrons. The first-order valence-corrected chi connectivity index (χ1v) is 8.09. The van der Waals surface area contributed by atoms with E-state index in [2.05, 4.69) is 23.1 Å². The summed E-state index contributed by atoms with van der Waals surface area (Å²) in [5.74, 6) is 0.00153. The van der Waals surface area contributed by atoms with Crippen molar-refractivity contribution >= 4 is 11.5 Å². The molecule has 2 aromatic rings. The van der Waals surface area contributed by atoms with Crippen molar-refractivity contribution in [1.82, 2.24) is 0 Å². The van der Waals surface area contributed by atoms with Crippen LogP contribution in [-0.2, 0) is 4.74 Å². The van der Waals surface area contributed by atoms with E-state index in [0.717, 1.165) is 11.3 Å². The van der Waals surface area contributed by atoms with E-state index in [1.165, 1.54) is 0 Å². The van der Waals surface area contributed by atoms with Gasteiger partial charge in [-0.05, 0) is 37.6 Å². The smallest absolute Gasteiger partial charge is 0.159 e. The van der Waals surface area contributed by atoms with Gasteiger partial charge in [0.25, 0.3) is 0 Å². The molecule has 24 heavy (non-hydrogen) atoms. The molecule has 1 aliphatic rings. The highest BCUT2D eigenvalue weighted by molar-refractivity contribution is 5.95. The van der Waals surface area contributed by atoms with Crippen LogP contribution >= 0.6 is 0 Å². The number of carbonyl (C=O) groups is 1. The minimum Gasteiger partial charge on any atom is -0.367 e. The molecule has 122 valence electrons. The quantitative estimate of drug-likeness (QED) is 0.809. The lowest BCUT2D eigenvalue weighted by atomic mass is 10.0. The van der Waals surface area contributed by atoms with Gasteiger partial charge < -0.3 is 9.64 Å². The molecule has 0 amide bonds. The molecule has 1 heterocycles. The van der Waals surface area contributed by atoms with Crippen molar-refractivity contribution in [2.45, 2.75) is 26.1 Å². The summed E-state index contributed by atoms with van der Waals surface area (Å²) < 4.78 is 6.08. The summed E-state index contributed by atoms with van der Waals surface area (Å²) in [4.78, 5) is 13.9. The minimum atomic E-state index is -0.0533. The molecule has 0 aliphatic carbocycles. The molecule has 1 aliphatic heterocycles. The van der Waals surface area contributed by atoms with Gasteiger partial charge >= 0.3 is 0 Å². The molecule has 0 spiro atoms. The standard InChI is InChI=1S/C20H20N2O2/c1-14-12-22(13-20(24-14)16-6-4-3-5-7-16)19-10-17(15(2)23)8-9-18(19)11-21/h3-10,14,20H,12-13H2,1-2H3. The summed E-state index contributed by atoms with van der Waals surface area (Å²) in [6.07, 6.45) is -0.0149. The first-order chi connectivity index (χ1) is 11.6. The second-order valence-corrected chi connectivity index (χ2v) is 6.15. The summed E-state index contributed by atoms with van der Waals surface area (Å²) >= 11 is 0. The van der Waals surface area contributed by atoms with Crippen molar-refractivity contribution in [3.63, 3.8) is 0 Å². The Balaban J connectivity index is 1.95. The van der Waals surface area contributed by atoms with Crippen LogP contribution in [0.4, 0.5) is 5.69 Å². The number of rotatable bonds is 3. The van der Waals surface area contributed by atoms with E-state index >= 15 is 0 Å². The Hall–Kier alpha value is -2.64. The average molecular weight is 320 g/mol. The Morgan fingerprint density at radius 3 is 2.62 bits per heavy atom. The summed E-state index contributed by atoms with van der Waals surface area (Å²) in [6, 6.07) is 17.6. The van der Waals surface area contributed by atoms with E-state index in [1.807, 2.05) is 31.2 Å². The predicted octanol–water partition coefficient (Wildman–Crippen LogP) is 3.73. The number of ketones is 1. The molecule has 1 saturated heterocycles. The van der Waals surface area contributed by atoms with E-state index < -0.39 is 0 Å². The van der Waals surface area contributed by atoms with Crippen LogP contribution in [0.5, 0.6) is 0 Å². The Labute approximate surface area is 142 Å². The third-order valence-electron chi connectivity index (χ3n) is 4.30. The molecular formula is C20H20N2O2. The van der Waals surface area contributed by atoms with E-state index in [9.17, 15) is 10.1 Å². The number of carbonyl (C=O) groups excluding carboxylic acids is 1. The maximum absolute atomic E-state index is 11.7. The van der Waals surface area contributed by atoms with Crippen LogP contribution in [-0.4, -0.2) is 25.0 Å². The van der Waals surface area contributed by atoms with Gasteiger partial charge in [0.1, 0.15) is 12.2 Å². The normalized spacial score (nSPS) is 20.5. The second-order valence-electron chi connectivity index (χ2n) is 6.15. The van der Waals surface area contributed by atoms with Crippen LogP contribution in [0.25, 0.3) is 0 Å². The van der Waals surface area contributed by atoms with Gasteiger partial charge in [-0.2, -0.15) is 5.26 Å². The number of ether oxygens (including phenoxy) is 1. The average Bonchev–Trinajstić information content (AvgIpc) is 2.61. The minimum absolute atomic E-state index is 0.00153. The number of hydrogen-bond donors (Lipinski definition) is 0. The number of anilines is 1. The van der Waals surface area contributed by atoms with Crippen molar-refractivity contribution in [2.24, 2.45) is 0 Å². The van der Waals surface area contributed by atoms with E-state index in [-0.39, 0.29) is 18.0 Å². The molecule has 2 aromatic carbocycles. The van der Waals surface area contributed by atoms with Gasteiger partial charge in [-0.15, -0.1) is 0 Å². The Morgan fingerprint density at radius 1 is 1.21 bits per heavy atom. The zero-order chi connectivity index (χ0) is 17.1. The van der Waals surface area contributed by atoms with Crippen molar-refractivity contribution in [1.29, 1.82) is 5.26 Å². The summed E-state index contributed by atoms with van der Waals surface area (Å²) in [5.41, 5.74) is 3.14. The lowest BCUT2D eigenvalue weighted by molar-refractivity contribution is -0.0173. The maximum atomic E-state index is 11.7. The molecule has 0 bridgehead atoms. The number of nitriles is 1. The van der Waals surface area contributed by atoms with E-state index in [4.69, 9.17) is 4.74 Å². The van der Waals surface area contributed by atoms with Crippen LogP contribution < -0.4 is 4.90 Å².